The van der Waals surface area contributed by atoms with Gasteiger partial charge in [-0.15, -0.1) is 11.3 Å². The largest absolute Gasteiger partial charge is 0.444 e. The van der Waals surface area contributed by atoms with Crippen LogP contribution in [0, 0.1) is 5.92 Å². The Morgan fingerprint density at radius 2 is 2.17 bits per heavy atom. The number of nitrogens with zero attached hydrogens (tertiary/aromatic N) is 1. The maximum absolute atomic E-state index is 12.3. The number of rotatable bonds is 3. The highest BCUT2D eigenvalue weighted by Gasteiger charge is 2.56. The Morgan fingerprint density at radius 3 is 2.71 bits per heavy atom. The number of likely N-dealkylation sites (tertiary alicyclic amines) is 1. The van der Waals surface area contributed by atoms with Crippen molar-refractivity contribution in [3.05, 3.63) is 21.9 Å². The smallest absolute Gasteiger partial charge is 0.410 e. The Bertz CT molecular complexity index is 668. The zero-order valence-electron chi connectivity index (χ0n) is 14.0. The summed E-state index contributed by atoms with van der Waals surface area (Å²) >= 11 is 4.53. The van der Waals surface area contributed by atoms with Gasteiger partial charge in [-0.2, -0.15) is 0 Å². The van der Waals surface area contributed by atoms with Crippen LogP contribution >= 0.6 is 27.3 Å². The molecular formula is C17H22BrNO4S. The van der Waals surface area contributed by atoms with Crippen molar-refractivity contribution in [2.45, 2.75) is 50.9 Å². The molecule has 1 aromatic heterocycles. The van der Waals surface area contributed by atoms with E-state index in [0.717, 1.165) is 11.3 Å². The maximum Gasteiger partial charge on any atom is 0.410 e. The van der Waals surface area contributed by atoms with Crippen LogP contribution in [-0.4, -0.2) is 45.4 Å². The molecule has 1 N–H and O–H groups in total. The number of amides is 1. The number of Topliss-reactive ketones (excluding diaryl/α,β-unsaturated/α-hetero) is 1. The Hall–Kier alpha value is -0.920. The lowest BCUT2D eigenvalue weighted by atomic mass is 9.88. The van der Waals surface area contributed by atoms with E-state index < -0.39 is 11.2 Å². The number of carbonyl (C=O) groups is 2. The van der Waals surface area contributed by atoms with E-state index in [4.69, 9.17) is 4.74 Å². The van der Waals surface area contributed by atoms with Gasteiger partial charge >= 0.3 is 6.09 Å². The van der Waals surface area contributed by atoms with Crippen LogP contribution in [0.15, 0.2) is 12.1 Å². The predicted molar refractivity (Wildman–Crippen MR) is 95.8 cm³/mol. The van der Waals surface area contributed by atoms with Gasteiger partial charge in [0.15, 0.2) is 5.78 Å². The number of fused-ring (bicyclic) bond motifs is 2. The molecule has 1 aliphatic heterocycles. The molecule has 2 fully saturated rings. The Balaban J connectivity index is 1.73. The number of carbonyl (C=O) groups excluding carboxylic acids is 2. The zero-order chi connectivity index (χ0) is 17.7. The summed E-state index contributed by atoms with van der Waals surface area (Å²) in [7, 11) is 0. The van der Waals surface area contributed by atoms with Gasteiger partial charge in [0.05, 0.1) is 10.2 Å². The highest BCUT2D eigenvalue weighted by molar-refractivity contribution is 9.09. The van der Waals surface area contributed by atoms with Crippen molar-refractivity contribution in [3.8, 4) is 0 Å². The number of aliphatic hydroxyl groups is 1. The minimum absolute atomic E-state index is 0.00715. The van der Waals surface area contributed by atoms with Gasteiger partial charge < -0.3 is 14.7 Å². The lowest BCUT2D eigenvalue weighted by molar-refractivity contribution is -0.0415. The van der Waals surface area contributed by atoms with E-state index >= 15 is 0 Å². The van der Waals surface area contributed by atoms with Gasteiger partial charge in [-0.1, -0.05) is 15.9 Å². The SMILES string of the molecule is CC(C)(C)OC(=O)N1C[C@H]2C[C@@H]1C[C@]2(O)c1ccc(C(=O)CBr)s1. The summed E-state index contributed by atoms with van der Waals surface area (Å²) in [6.07, 6.45) is 0.966. The van der Waals surface area contributed by atoms with Gasteiger partial charge in [-0.3, -0.25) is 4.79 Å². The van der Waals surface area contributed by atoms with Crippen LogP contribution in [0.25, 0.3) is 0 Å². The average Bonchev–Trinajstić information content (AvgIpc) is 3.18. The molecule has 5 nitrogen and oxygen atoms in total. The van der Waals surface area contributed by atoms with Crippen LogP contribution in [0.3, 0.4) is 0 Å². The number of hydrogen-bond acceptors (Lipinski definition) is 5. The van der Waals surface area contributed by atoms with Gasteiger partial charge in [0.25, 0.3) is 0 Å². The summed E-state index contributed by atoms with van der Waals surface area (Å²) in [6.45, 7) is 6.05. The van der Waals surface area contributed by atoms with Crippen molar-refractivity contribution in [2.75, 3.05) is 11.9 Å². The molecule has 0 radical (unpaired) electrons. The summed E-state index contributed by atoms with van der Waals surface area (Å²) in [6, 6.07) is 3.62. The molecule has 7 heteroatoms. The van der Waals surface area contributed by atoms with Gasteiger partial charge in [0.1, 0.15) is 11.2 Å². The highest BCUT2D eigenvalue weighted by atomic mass is 79.9. The predicted octanol–water partition coefficient (Wildman–Crippen LogP) is 3.54. The molecule has 1 saturated heterocycles. The molecule has 0 unspecified atom stereocenters. The Labute approximate surface area is 154 Å². The van der Waals surface area contributed by atoms with E-state index in [1.165, 1.54) is 11.3 Å². The molecule has 2 bridgehead atoms. The molecule has 132 valence electrons. The molecule has 2 heterocycles. The van der Waals surface area contributed by atoms with Crippen molar-refractivity contribution >= 4 is 39.1 Å². The minimum Gasteiger partial charge on any atom is -0.444 e. The number of ether oxygens (including phenoxy) is 1. The van der Waals surface area contributed by atoms with Crippen molar-refractivity contribution in [2.24, 2.45) is 5.92 Å². The van der Waals surface area contributed by atoms with Crippen LogP contribution < -0.4 is 0 Å². The first-order valence-electron chi connectivity index (χ1n) is 8.05. The third-order valence-corrected chi connectivity index (χ3v) is 6.50. The van der Waals surface area contributed by atoms with Crippen molar-refractivity contribution in [1.82, 2.24) is 4.90 Å². The average molecular weight is 416 g/mol. The molecule has 3 rings (SSSR count). The molecule has 1 aromatic rings. The molecule has 1 amide bonds. The number of piperidine rings is 1. The summed E-state index contributed by atoms with van der Waals surface area (Å²) < 4.78 is 5.46. The van der Waals surface area contributed by atoms with Gasteiger partial charge in [0.2, 0.25) is 0 Å². The van der Waals surface area contributed by atoms with Crippen LogP contribution in [-0.2, 0) is 10.3 Å². The highest BCUT2D eigenvalue weighted by Crippen LogP contribution is 2.52. The van der Waals surface area contributed by atoms with Gasteiger partial charge in [0, 0.05) is 29.8 Å². The first kappa shape index (κ1) is 17.9. The second-order valence-electron chi connectivity index (χ2n) is 7.57. The third kappa shape index (κ3) is 3.13. The van der Waals surface area contributed by atoms with Crippen LogP contribution in [0.5, 0.6) is 0 Å². The summed E-state index contributed by atoms with van der Waals surface area (Å²) in [5.74, 6) is 0.00831. The summed E-state index contributed by atoms with van der Waals surface area (Å²) in [5, 5.41) is 11.4. The normalized spacial score (nSPS) is 29.1. The second-order valence-corrected chi connectivity index (χ2v) is 9.21. The number of hydrogen-bond donors (Lipinski definition) is 1. The number of ketones is 1. The fraction of sp³-hybridized carbons (Fsp3) is 0.647. The van der Waals surface area contributed by atoms with Crippen LogP contribution in [0.2, 0.25) is 0 Å². The topological polar surface area (TPSA) is 66.8 Å². The quantitative estimate of drug-likeness (QED) is 0.605. The first-order valence-corrected chi connectivity index (χ1v) is 9.99. The van der Waals surface area contributed by atoms with Crippen molar-refractivity contribution in [3.63, 3.8) is 0 Å². The molecule has 1 saturated carbocycles. The van der Waals surface area contributed by atoms with Crippen molar-refractivity contribution < 1.29 is 19.4 Å². The lowest BCUT2D eigenvalue weighted by Crippen LogP contribution is -2.47. The fourth-order valence-corrected chi connectivity index (χ4v) is 5.22. The molecule has 3 atom stereocenters. The van der Waals surface area contributed by atoms with E-state index in [1.54, 1.807) is 11.0 Å². The van der Waals surface area contributed by atoms with E-state index in [1.807, 2.05) is 26.8 Å². The van der Waals surface area contributed by atoms with E-state index in [-0.39, 0.29) is 29.2 Å². The maximum atomic E-state index is 12.3. The second kappa shape index (κ2) is 6.11. The lowest BCUT2D eigenvalue weighted by Gasteiger charge is -2.37. The molecule has 0 aromatic carbocycles. The standard InChI is InChI=1S/C17H22BrNO4S/c1-16(2,3)23-15(21)19-9-10-6-11(19)7-17(10,22)14-5-4-13(24-14)12(20)8-18/h4-5,10-11,22H,6-9H2,1-3H3/t10-,11-,17-/m1/s1. The summed E-state index contributed by atoms with van der Waals surface area (Å²) in [4.78, 5) is 27.3. The fourth-order valence-electron chi connectivity index (χ4n) is 3.61. The van der Waals surface area contributed by atoms with Crippen molar-refractivity contribution in [1.29, 1.82) is 0 Å². The first-order chi connectivity index (χ1) is 11.1. The van der Waals surface area contributed by atoms with E-state index in [2.05, 4.69) is 15.9 Å². The number of halogens is 1. The minimum atomic E-state index is -0.946. The Kier molecular flexibility index (Phi) is 4.55. The molecule has 0 spiro atoms. The number of alkyl halides is 1. The van der Waals surface area contributed by atoms with Crippen LogP contribution in [0.1, 0.15) is 48.2 Å². The Morgan fingerprint density at radius 1 is 1.46 bits per heavy atom. The number of thiophene rings is 1. The zero-order valence-corrected chi connectivity index (χ0v) is 16.4. The molecule has 2 aliphatic rings. The molecule has 1 aliphatic carbocycles. The van der Waals surface area contributed by atoms with E-state index in [0.29, 0.717) is 17.8 Å². The van der Waals surface area contributed by atoms with Gasteiger partial charge in [-0.25, -0.2) is 4.79 Å². The van der Waals surface area contributed by atoms with E-state index in [9.17, 15) is 14.7 Å². The molecular weight excluding hydrogens is 394 g/mol. The summed E-state index contributed by atoms with van der Waals surface area (Å²) in [5.41, 5.74) is -1.47. The van der Waals surface area contributed by atoms with Crippen LogP contribution in [0.4, 0.5) is 4.79 Å². The molecule has 24 heavy (non-hydrogen) atoms. The monoisotopic (exact) mass is 415 g/mol. The third-order valence-electron chi connectivity index (χ3n) is 4.69. The van der Waals surface area contributed by atoms with Gasteiger partial charge in [-0.05, 0) is 39.3 Å².